The summed E-state index contributed by atoms with van der Waals surface area (Å²) in [7, 11) is 0. The summed E-state index contributed by atoms with van der Waals surface area (Å²) in [4.78, 5) is 33.8. The van der Waals surface area contributed by atoms with Gasteiger partial charge in [0.15, 0.2) is 0 Å². The van der Waals surface area contributed by atoms with Gasteiger partial charge in [0.25, 0.3) is 0 Å². The summed E-state index contributed by atoms with van der Waals surface area (Å²) in [5.41, 5.74) is 0.148. The maximum Gasteiger partial charge on any atom is 0.234 e. The first-order valence-corrected chi connectivity index (χ1v) is 6.80. The fourth-order valence-corrected chi connectivity index (χ4v) is 2.87. The van der Waals surface area contributed by atoms with Gasteiger partial charge < -0.3 is 0 Å². The summed E-state index contributed by atoms with van der Waals surface area (Å²) >= 11 is 0. The second-order valence-corrected chi connectivity index (χ2v) is 5.55. The Bertz CT molecular complexity index is 625. The van der Waals surface area contributed by atoms with Crippen LogP contribution in [-0.2, 0) is 14.4 Å². The minimum atomic E-state index is -0.986. The van der Waals surface area contributed by atoms with Crippen LogP contribution >= 0.6 is 0 Å². The van der Waals surface area contributed by atoms with Crippen molar-refractivity contribution in [3.05, 3.63) is 34.9 Å². The molecule has 3 rings (SSSR count). The van der Waals surface area contributed by atoms with Gasteiger partial charge in [0, 0.05) is 24.8 Å². The number of imide groups is 1. The lowest BCUT2D eigenvalue weighted by atomic mass is 9.78. The zero-order valence-electron chi connectivity index (χ0n) is 11.1. The third-order valence-electron chi connectivity index (χ3n) is 4.11. The third kappa shape index (κ3) is 2.46. The van der Waals surface area contributed by atoms with Crippen molar-refractivity contribution >= 4 is 17.6 Å². The Hall–Kier alpha value is -2.11. The Labute approximate surface area is 119 Å². The van der Waals surface area contributed by atoms with Crippen LogP contribution in [0.4, 0.5) is 8.78 Å². The number of hydrogen-bond donors (Lipinski definition) is 1. The van der Waals surface area contributed by atoms with Crippen molar-refractivity contribution in [1.82, 2.24) is 5.32 Å². The van der Waals surface area contributed by atoms with Crippen molar-refractivity contribution in [2.45, 2.75) is 37.5 Å². The standard InChI is InChI=1S/C15H13F2NO3/c16-11-5-8(7-3-9(19)4-7)6-12(17)14(11)10-1-2-13(20)18-15(10)21/h5-7,10H,1-4H2,(H,18,20,21). The van der Waals surface area contributed by atoms with E-state index in [1.165, 1.54) is 12.1 Å². The highest BCUT2D eigenvalue weighted by Crippen LogP contribution is 2.37. The maximum absolute atomic E-state index is 14.2. The van der Waals surface area contributed by atoms with Crippen molar-refractivity contribution in [3.63, 3.8) is 0 Å². The van der Waals surface area contributed by atoms with Gasteiger partial charge in [0.2, 0.25) is 11.8 Å². The smallest absolute Gasteiger partial charge is 0.234 e. The van der Waals surface area contributed by atoms with Crippen LogP contribution in [0.1, 0.15) is 48.6 Å². The van der Waals surface area contributed by atoms with Crippen molar-refractivity contribution < 1.29 is 23.2 Å². The highest BCUT2D eigenvalue weighted by atomic mass is 19.1. The van der Waals surface area contributed by atoms with Gasteiger partial charge in [-0.1, -0.05) is 0 Å². The van der Waals surface area contributed by atoms with Gasteiger partial charge in [0.05, 0.1) is 5.92 Å². The highest BCUT2D eigenvalue weighted by molar-refractivity contribution is 6.01. The molecular weight excluding hydrogens is 280 g/mol. The van der Waals surface area contributed by atoms with Gasteiger partial charge in [0.1, 0.15) is 17.4 Å². The largest absolute Gasteiger partial charge is 0.300 e. The fraction of sp³-hybridized carbons (Fsp3) is 0.400. The van der Waals surface area contributed by atoms with E-state index in [4.69, 9.17) is 0 Å². The maximum atomic E-state index is 14.2. The normalized spacial score (nSPS) is 23.0. The van der Waals surface area contributed by atoms with Gasteiger partial charge in [-0.25, -0.2) is 8.78 Å². The SMILES string of the molecule is O=C1CC(c2cc(F)c(C3CCC(=O)NC3=O)c(F)c2)C1. The predicted octanol–water partition coefficient (Wildman–Crippen LogP) is 1.93. The number of hydrogen-bond acceptors (Lipinski definition) is 3. The second kappa shape index (κ2) is 5.02. The van der Waals surface area contributed by atoms with E-state index >= 15 is 0 Å². The number of halogens is 2. The Morgan fingerprint density at radius 3 is 2.19 bits per heavy atom. The van der Waals surface area contributed by atoms with Crippen molar-refractivity contribution in [3.8, 4) is 0 Å². The number of piperidine rings is 1. The van der Waals surface area contributed by atoms with Gasteiger partial charge in [-0.2, -0.15) is 0 Å². The minimum absolute atomic E-state index is 0.0637. The topological polar surface area (TPSA) is 63.2 Å². The number of ketones is 1. The molecule has 1 aromatic rings. The molecule has 110 valence electrons. The van der Waals surface area contributed by atoms with E-state index in [0.29, 0.717) is 18.4 Å². The Morgan fingerprint density at radius 1 is 1.05 bits per heavy atom. The predicted molar refractivity (Wildman–Crippen MR) is 68.5 cm³/mol. The summed E-state index contributed by atoms with van der Waals surface area (Å²) in [5.74, 6) is -3.73. The second-order valence-electron chi connectivity index (χ2n) is 5.55. The molecule has 1 aromatic carbocycles. The lowest BCUT2D eigenvalue weighted by Crippen LogP contribution is -2.40. The molecule has 1 saturated heterocycles. The van der Waals surface area contributed by atoms with Crippen molar-refractivity contribution in [2.75, 3.05) is 0 Å². The van der Waals surface area contributed by atoms with E-state index in [1.807, 2.05) is 0 Å². The molecule has 21 heavy (non-hydrogen) atoms. The molecule has 2 amide bonds. The molecule has 0 spiro atoms. The van der Waals surface area contributed by atoms with Gasteiger partial charge in [-0.05, 0) is 30.0 Å². The molecule has 2 fully saturated rings. The van der Waals surface area contributed by atoms with Gasteiger partial charge in [-0.3, -0.25) is 19.7 Å². The average Bonchev–Trinajstić information content (AvgIpc) is 2.36. The number of Topliss-reactive ketones (excluding diaryl/α,β-unsaturated/α-hetero) is 1. The monoisotopic (exact) mass is 293 g/mol. The molecule has 1 N–H and O–H groups in total. The van der Waals surface area contributed by atoms with Crippen LogP contribution in [0.2, 0.25) is 0 Å². The van der Waals surface area contributed by atoms with Crippen LogP contribution in [0, 0.1) is 11.6 Å². The molecule has 1 saturated carbocycles. The number of carbonyl (C=O) groups excluding carboxylic acids is 3. The van der Waals surface area contributed by atoms with Crippen LogP contribution < -0.4 is 5.32 Å². The van der Waals surface area contributed by atoms with Gasteiger partial charge >= 0.3 is 0 Å². The molecule has 1 aliphatic heterocycles. The first kappa shape index (κ1) is 13.9. The van der Waals surface area contributed by atoms with E-state index in [-0.39, 0.29) is 30.1 Å². The molecule has 0 aromatic heterocycles. The molecule has 1 atom stereocenters. The lowest BCUT2D eigenvalue weighted by Gasteiger charge is -2.26. The summed E-state index contributed by atoms with van der Waals surface area (Å²) in [6.07, 6.45) is 0.765. The summed E-state index contributed by atoms with van der Waals surface area (Å²) in [5, 5.41) is 2.09. The molecule has 2 aliphatic rings. The lowest BCUT2D eigenvalue weighted by molar-refractivity contribution is -0.134. The van der Waals surface area contributed by atoms with E-state index in [9.17, 15) is 23.2 Å². The molecule has 1 unspecified atom stereocenters. The molecule has 0 radical (unpaired) electrons. The Kier molecular flexibility index (Phi) is 3.31. The molecule has 6 heteroatoms. The Morgan fingerprint density at radius 2 is 1.67 bits per heavy atom. The van der Waals surface area contributed by atoms with E-state index in [2.05, 4.69) is 5.32 Å². The number of benzene rings is 1. The quantitative estimate of drug-likeness (QED) is 0.847. The van der Waals surface area contributed by atoms with Crippen LogP contribution in [0.5, 0.6) is 0 Å². The number of nitrogens with one attached hydrogen (secondary N) is 1. The Balaban J connectivity index is 1.91. The molecule has 0 bridgehead atoms. The minimum Gasteiger partial charge on any atom is -0.300 e. The summed E-state index contributed by atoms with van der Waals surface area (Å²) in [6, 6.07) is 2.39. The van der Waals surface area contributed by atoms with Crippen LogP contribution in [0.3, 0.4) is 0 Å². The van der Waals surface area contributed by atoms with Gasteiger partial charge in [-0.15, -0.1) is 0 Å². The molecule has 1 heterocycles. The fourth-order valence-electron chi connectivity index (χ4n) is 2.87. The van der Waals surface area contributed by atoms with Crippen LogP contribution in [-0.4, -0.2) is 17.6 Å². The van der Waals surface area contributed by atoms with E-state index < -0.39 is 29.4 Å². The first-order chi connectivity index (χ1) is 9.95. The number of carbonyl (C=O) groups is 3. The molecule has 1 aliphatic carbocycles. The van der Waals surface area contributed by atoms with Crippen molar-refractivity contribution in [1.29, 1.82) is 0 Å². The van der Waals surface area contributed by atoms with Crippen LogP contribution in [0.25, 0.3) is 0 Å². The van der Waals surface area contributed by atoms with E-state index in [1.54, 1.807) is 0 Å². The molecule has 4 nitrogen and oxygen atoms in total. The number of rotatable bonds is 2. The van der Waals surface area contributed by atoms with Crippen LogP contribution in [0.15, 0.2) is 12.1 Å². The van der Waals surface area contributed by atoms with E-state index in [0.717, 1.165) is 0 Å². The first-order valence-electron chi connectivity index (χ1n) is 6.80. The molecular formula is C15H13F2NO3. The zero-order chi connectivity index (χ0) is 15.1. The highest BCUT2D eigenvalue weighted by Gasteiger charge is 2.34. The van der Waals surface area contributed by atoms with Crippen molar-refractivity contribution in [2.24, 2.45) is 0 Å². The number of amides is 2. The average molecular weight is 293 g/mol. The third-order valence-corrected chi connectivity index (χ3v) is 4.11. The zero-order valence-corrected chi connectivity index (χ0v) is 11.1. The summed E-state index contributed by atoms with van der Waals surface area (Å²) in [6.45, 7) is 0. The summed E-state index contributed by atoms with van der Waals surface area (Å²) < 4.78 is 28.4.